The first kappa shape index (κ1) is 19.0. The SMILES string of the molecule is CCN1CCN(CC(=O)N2CCC[C@H](Nc3ccc(F)c(F)c3)C2)CC1. The second kappa shape index (κ2) is 8.77. The molecule has 7 heteroatoms. The molecule has 3 rings (SSSR count). The van der Waals surface area contributed by atoms with Crippen LogP contribution in [0.5, 0.6) is 0 Å². The molecule has 0 aliphatic carbocycles. The molecule has 144 valence electrons. The van der Waals surface area contributed by atoms with Gasteiger partial charge in [0.15, 0.2) is 11.6 Å². The van der Waals surface area contributed by atoms with E-state index < -0.39 is 11.6 Å². The van der Waals surface area contributed by atoms with Gasteiger partial charge in [0.05, 0.1) is 6.54 Å². The van der Waals surface area contributed by atoms with Crippen LogP contribution in [0.15, 0.2) is 18.2 Å². The molecule has 2 heterocycles. The van der Waals surface area contributed by atoms with Crippen LogP contribution in [0, 0.1) is 11.6 Å². The van der Waals surface area contributed by atoms with Gasteiger partial charge in [0.1, 0.15) is 0 Å². The standard InChI is InChI=1S/C19H28F2N4O/c1-2-23-8-10-24(11-9-23)14-19(26)25-7-3-4-16(13-25)22-15-5-6-17(20)18(21)12-15/h5-6,12,16,22H,2-4,7-11,13-14H2,1H3/t16-/m0/s1. The normalized spacial score (nSPS) is 22.4. The third kappa shape index (κ3) is 4.92. The molecular formula is C19H28F2N4O. The first-order valence-electron chi connectivity index (χ1n) is 9.49. The minimum absolute atomic E-state index is 0.0644. The number of piperidine rings is 1. The van der Waals surface area contributed by atoms with Crippen LogP contribution < -0.4 is 5.32 Å². The molecule has 0 aromatic heterocycles. The summed E-state index contributed by atoms with van der Waals surface area (Å²) in [7, 11) is 0. The minimum atomic E-state index is -0.857. The molecule has 1 aromatic rings. The Morgan fingerprint density at radius 3 is 2.54 bits per heavy atom. The van der Waals surface area contributed by atoms with Crippen molar-refractivity contribution < 1.29 is 13.6 Å². The van der Waals surface area contributed by atoms with Crippen LogP contribution in [0.3, 0.4) is 0 Å². The predicted octanol–water partition coefficient (Wildman–Crippen LogP) is 2.01. The summed E-state index contributed by atoms with van der Waals surface area (Å²) in [5, 5.41) is 3.23. The number of nitrogens with zero attached hydrogens (tertiary/aromatic N) is 3. The highest BCUT2D eigenvalue weighted by Gasteiger charge is 2.26. The molecule has 0 saturated carbocycles. The Labute approximate surface area is 153 Å². The Balaban J connectivity index is 1.49. The number of carbonyl (C=O) groups excluding carboxylic acids is 1. The summed E-state index contributed by atoms with van der Waals surface area (Å²) in [5.41, 5.74) is 0.555. The van der Waals surface area contributed by atoms with Crippen molar-refractivity contribution in [1.29, 1.82) is 0 Å². The average Bonchev–Trinajstić information content (AvgIpc) is 2.65. The van der Waals surface area contributed by atoms with Crippen LogP contribution in [0.4, 0.5) is 14.5 Å². The zero-order valence-electron chi connectivity index (χ0n) is 15.4. The van der Waals surface area contributed by atoms with Crippen molar-refractivity contribution in [3.63, 3.8) is 0 Å². The van der Waals surface area contributed by atoms with Crippen LogP contribution >= 0.6 is 0 Å². The van der Waals surface area contributed by atoms with Gasteiger partial charge in [-0.1, -0.05) is 6.92 Å². The molecule has 0 spiro atoms. The van der Waals surface area contributed by atoms with Crippen molar-refractivity contribution >= 4 is 11.6 Å². The molecule has 0 radical (unpaired) electrons. The summed E-state index contributed by atoms with van der Waals surface area (Å²) in [5.74, 6) is -1.55. The third-order valence-electron chi connectivity index (χ3n) is 5.34. The molecule has 2 fully saturated rings. The number of benzene rings is 1. The van der Waals surface area contributed by atoms with Gasteiger partial charge < -0.3 is 15.1 Å². The van der Waals surface area contributed by atoms with Gasteiger partial charge in [-0.15, -0.1) is 0 Å². The largest absolute Gasteiger partial charge is 0.380 e. The van der Waals surface area contributed by atoms with Crippen molar-refractivity contribution in [2.24, 2.45) is 0 Å². The summed E-state index contributed by atoms with van der Waals surface area (Å²) in [6.45, 7) is 8.97. The van der Waals surface area contributed by atoms with Gasteiger partial charge in [-0.3, -0.25) is 9.69 Å². The molecular weight excluding hydrogens is 338 g/mol. The summed E-state index contributed by atoms with van der Waals surface area (Å²) in [6.07, 6.45) is 1.83. The number of nitrogens with one attached hydrogen (secondary N) is 1. The quantitative estimate of drug-likeness (QED) is 0.865. The van der Waals surface area contributed by atoms with Gasteiger partial charge in [-0.25, -0.2) is 8.78 Å². The lowest BCUT2D eigenvalue weighted by atomic mass is 10.0. The summed E-state index contributed by atoms with van der Waals surface area (Å²) in [6, 6.07) is 3.89. The number of likely N-dealkylation sites (N-methyl/N-ethyl adjacent to an activating group) is 1. The van der Waals surface area contributed by atoms with Gasteiger partial charge in [0, 0.05) is 57.1 Å². The number of carbonyl (C=O) groups is 1. The highest BCUT2D eigenvalue weighted by molar-refractivity contribution is 5.78. The Kier molecular flexibility index (Phi) is 6.43. The van der Waals surface area contributed by atoms with Crippen LogP contribution in [0.25, 0.3) is 0 Å². The first-order chi connectivity index (χ1) is 12.5. The molecule has 0 bridgehead atoms. The van der Waals surface area contributed by atoms with E-state index in [0.29, 0.717) is 18.8 Å². The number of hydrogen-bond acceptors (Lipinski definition) is 4. The van der Waals surface area contributed by atoms with Gasteiger partial charge in [-0.05, 0) is 31.5 Å². The average molecular weight is 366 g/mol. The van der Waals surface area contributed by atoms with E-state index in [9.17, 15) is 13.6 Å². The van der Waals surface area contributed by atoms with E-state index in [1.807, 2.05) is 4.90 Å². The van der Waals surface area contributed by atoms with E-state index in [4.69, 9.17) is 0 Å². The molecule has 1 atom stereocenters. The molecule has 2 aliphatic heterocycles. The summed E-state index contributed by atoms with van der Waals surface area (Å²) in [4.78, 5) is 19.2. The predicted molar refractivity (Wildman–Crippen MR) is 98.1 cm³/mol. The number of halogens is 2. The highest BCUT2D eigenvalue weighted by atomic mass is 19.2. The molecule has 1 N–H and O–H groups in total. The summed E-state index contributed by atoms with van der Waals surface area (Å²) >= 11 is 0. The molecule has 5 nitrogen and oxygen atoms in total. The Morgan fingerprint density at radius 2 is 1.85 bits per heavy atom. The van der Waals surface area contributed by atoms with E-state index >= 15 is 0 Å². The van der Waals surface area contributed by atoms with E-state index in [1.54, 1.807) is 0 Å². The van der Waals surface area contributed by atoms with Crippen molar-refractivity contribution in [3.8, 4) is 0 Å². The van der Waals surface area contributed by atoms with E-state index in [-0.39, 0.29) is 11.9 Å². The number of anilines is 1. The molecule has 1 aromatic carbocycles. The molecule has 2 saturated heterocycles. The van der Waals surface area contributed by atoms with Gasteiger partial charge in [-0.2, -0.15) is 0 Å². The van der Waals surface area contributed by atoms with Crippen LogP contribution in [-0.4, -0.2) is 79.0 Å². The Hall–Kier alpha value is -1.73. The Morgan fingerprint density at radius 1 is 1.12 bits per heavy atom. The lowest BCUT2D eigenvalue weighted by Gasteiger charge is -2.37. The van der Waals surface area contributed by atoms with Crippen molar-refractivity contribution in [1.82, 2.24) is 14.7 Å². The van der Waals surface area contributed by atoms with Crippen LogP contribution in [0.1, 0.15) is 19.8 Å². The van der Waals surface area contributed by atoms with Gasteiger partial charge in [0.25, 0.3) is 0 Å². The second-order valence-electron chi connectivity index (χ2n) is 7.16. The number of hydrogen-bond donors (Lipinski definition) is 1. The Bertz CT molecular complexity index is 620. The van der Waals surface area contributed by atoms with E-state index in [1.165, 1.54) is 12.1 Å². The molecule has 1 amide bonds. The molecule has 0 unspecified atom stereocenters. The molecule has 26 heavy (non-hydrogen) atoms. The maximum atomic E-state index is 13.4. The van der Waals surface area contributed by atoms with E-state index in [2.05, 4.69) is 22.0 Å². The first-order valence-corrected chi connectivity index (χ1v) is 9.49. The van der Waals surface area contributed by atoms with Crippen molar-refractivity contribution in [2.75, 3.05) is 57.7 Å². The summed E-state index contributed by atoms with van der Waals surface area (Å²) < 4.78 is 26.4. The van der Waals surface area contributed by atoms with Crippen molar-refractivity contribution in [3.05, 3.63) is 29.8 Å². The fourth-order valence-electron chi connectivity index (χ4n) is 3.70. The lowest BCUT2D eigenvalue weighted by molar-refractivity contribution is -0.133. The smallest absolute Gasteiger partial charge is 0.236 e. The second-order valence-corrected chi connectivity index (χ2v) is 7.16. The number of piperazine rings is 1. The van der Waals surface area contributed by atoms with Gasteiger partial charge >= 0.3 is 0 Å². The number of amides is 1. The fourth-order valence-corrected chi connectivity index (χ4v) is 3.70. The maximum absolute atomic E-state index is 13.4. The van der Waals surface area contributed by atoms with Crippen molar-refractivity contribution in [2.45, 2.75) is 25.8 Å². The van der Waals surface area contributed by atoms with Crippen LogP contribution in [0.2, 0.25) is 0 Å². The fraction of sp³-hybridized carbons (Fsp3) is 0.632. The zero-order valence-corrected chi connectivity index (χ0v) is 15.4. The zero-order chi connectivity index (χ0) is 18.5. The van der Waals surface area contributed by atoms with E-state index in [0.717, 1.165) is 58.2 Å². The number of likely N-dealkylation sites (tertiary alicyclic amines) is 1. The minimum Gasteiger partial charge on any atom is -0.380 e. The topological polar surface area (TPSA) is 38.8 Å². The van der Waals surface area contributed by atoms with Gasteiger partial charge in [0.2, 0.25) is 5.91 Å². The molecule has 2 aliphatic rings. The highest BCUT2D eigenvalue weighted by Crippen LogP contribution is 2.19. The maximum Gasteiger partial charge on any atom is 0.236 e. The monoisotopic (exact) mass is 366 g/mol. The van der Waals surface area contributed by atoms with Crippen LogP contribution in [-0.2, 0) is 4.79 Å². The third-order valence-corrected chi connectivity index (χ3v) is 5.34. The number of rotatable bonds is 5. The lowest BCUT2D eigenvalue weighted by Crippen LogP contribution is -2.52.